The van der Waals surface area contributed by atoms with Gasteiger partial charge in [-0.25, -0.2) is 4.79 Å². The maximum Gasteiger partial charge on any atom is 0.326 e. The number of nitrogens with zero attached hydrogens (tertiary/aromatic N) is 2. The Bertz CT molecular complexity index is 799. The largest absolute Gasteiger partial charge is 0.454 e. The Kier molecular flexibility index (Phi) is 6.20. The molecule has 156 valence electrons. The van der Waals surface area contributed by atoms with Gasteiger partial charge in [0, 0.05) is 13.1 Å². The molecule has 2 heterocycles. The molecule has 0 aliphatic carbocycles. The number of esters is 1. The molecule has 0 aromatic heterocycles. The Balaban J connectivity index is 1.57. The fourth-order valence-electron chi connectivity index (χ4n) is 3.65. The number of urea groups is 1. The first-order valence-electron chi connectivity index (χ1n) is 9.96. The van der Waals surface area contributed by atoms with Crippen LogP contribution >= 0.6 is 0 Å². The Morgan fingerprint density at radius 2 is 1.69 bits per heavy atom. The molecule has 8 heteroatoms. The van der Waals surface area contributed by atoms with E-state index in [1.165, 1.54) is 0 Å². The summed E-state index contributed by atoms with van der Waals surface area (Å²) < 4.78 is 5.04. The first-order chi connectivity index (χ1) is 13.8. The second-order valence-corrected chi connectivity index (χ2v) is 7.77. The van der Waals surface area contributed by atoms with E-state index in [1.54, 1.807) is 24.0 Å². The molecule has 1 N–H and O–H groups in total. The van der Waals surface area contributed by atoms with Crippen molar-refractivity contribution in [3.8, 4) is 0 Å². The maximum absolute atomic E-state index is 12.8. The van der Waals surface area contributed by atoms with E-state index in [-0.39, 0.29) is 12.5 Å². The summed E-state index contributed by atoms with van der Waals surface area (Å²) in [6.45, 7) is 3.95. The van der Waals surface area contributed by atoms with E-state index in [9.17, 15) is 19.2 Å². The van der Waals surface area contributed by atoms with Crippen molar-refractivity contribution in [1.29, 1.82) is 0 Å². The minimum absolute atomic E-state index is 0.248. The van der Waals surface area contributed by atoms with Gasteiger partial charge in [-0.2, -0.15) is 0 Å². The molecule has 1 atom stereocenters. The van der Waals surface area contributed by atoms with Crippen LogP contribution in [0.25, 0.3) is 0 Å². The number of likely N-dealkylation sites (tertiary alicyclic amines) is 1. The third-order valence-corrected chi connectivity index (χ3v) is 5.51. The van der Waals surface area contributed by atoms with Gasteiger partial charge in [-0.1, -0.05) is 42.7 Å². The van der Waals surface area contributed by atoms with Gasteiger partial charge < -0.3 is 15.0 Å². The van der Waals surface area contributed by atoms with Gasteiger partial charge >= 0.3 is 12.0 Å². The highest BCUT2D eigenvalue weighted by molar-refractivity contribution is 6.08. The normalized spacial score (nSPS) is 22.3. The van der Waals surface area contributed by atoms with Crippen molar-refractivity contribution in [3.63, 3.8) is 0 Å². The van der Waals surface area contributed by atoms with E-state index in [0.29, 0.717) is 18.7 Å². The molecule has 8 nitrogen and oxygen atoms in total. The van der Waals surface area contributed by atoms with Crippen molar-refractivity contribution in [2.75, 3.05) is 26.2 Å². The predicted molar refractivity (Wildman–Crippen MR) is 105 cm³/mol. The quantitative estimate of drug-likeness (QED) is 0.599. The molecule has 4 amide bonds. The molecule has 29 heavy (non-hydrogen) atoms. The van der Waals surface area contributed by atoms with E-state index >= 15 is 0 Å². The number of amides is 4. The number of nitrogens with one attached hydrogen (secondary N) is 1. The molecule has 0 bridgehead atoms. The number of hydrogen-bond acceptors (Lipinski definition) is 5. The van der Waals surface area contributed by atoms with E-state index in [0.717, 1.165) is 36.1 Å². The highest BCUT2D eigenvalue weighted by atomic mass is 16.5. The minimum Gasteiger partial charge on any atom is -0.454 e. The lowest BCUT2D eigenvalue weighted by Crippen LogP contribution is -2.42. The molecule has 0 radical (unpaired) electrons. The number of carbonyl (C=O) groups excluding carboxylic acids is 4. The molecular formula is C21H27N3O5. The van der Waals surface area contributed by atoms with Crippen LogP contribution < -0.4 is 5.32 Å². The second kappa shape index (κ2) is 8.63. The Morgan fingerprint density at radius 3 is 2.31 bits per heavy atom. The van der Waals surface area contributed by atoms with Crippen LogP contribution in [0, 0.1) is 6.92 Å². The highest BCUT2D eigenvalue weighted by Crippen LogP contribution is 2.28. The van der Waals surface area contributed by atoms with Crippen LogP contribution in [-0.2, 0) is 24.7 Å². The van der Waals surface area contributed by atoms with Gasteiger partial charge in [-0.3, -0.25) is 19.3 Å². The van der Waals surface area contributed by atoms with Crippen molar-refractivity contribution in [2.45, 2.75) is 45.1 Å². The summed E-state index contributed by atoms with van der Waals surface area (Å²) in [6.07, 6.45) is 4.07. The van der Waals surface area contributed by atoms with Gasteiger partial charge in [0.15, 0.2) is 6.61 Å². The lowest BCUT2D eigenvalue weighted by molar-refractivity contribution is -0.153. The van der Waals surface area contributed by atoms with Crippen LogP contribution in [0.4, 0.5) is 4.79 Å². The number of carbonyl (C=O) groups is 4. The number of imide groups is 1. The zero-order chi connectivity index (χ0) is 21.0. The minimum atomic E-state index is -1.24. The topological polar surface area (TPSA) is 96.0 Å². The second-order valence-electron chi connectivity index (χ2n) is 7.77. The number of benzene rings is 1. The molecule has 3 rings (SSSR count). The van der Waals surface area contributed by atoms with Crippen LogP contribution in [0.2, 0.25) is 0 Å². The molecule has 0 saturated carbocycles. The molecule has 1 aromatic rings. The zero-order valence-corrected chi connectivity index (χ0v) is 16.9. The van der Waals surface area contributed by atoms with Crippen LogP contribution in [0.1, 0.15) is 43.7 Å². The predicted octanol–water partition coefficient (Wildman–Crippen LogP) is 1.71. The standard InChI is InChI=1S/C21H27N3O5/c1-15-7-9-16(10-8-15)21(2)19(27)24(20(28)22-21)13-18(26)29-14-17(25)23-11-5-3-4-6-12-23/h7-10H,3-6,11-14H2,1-2H3,(H,22,28)/t21-/m1/s1. The fraction of sp³-hybridized carbons (Fsp3) is 0.524. The number of hydrogen-bond donors (Lipinski definition) is 1. The zero-order valence-electron chi connectivity index (χ0n) is 16.9. The van der Waals surface area contributed by atoms with Crippen molar-refractivity contribution in [3.05, 3.63) is 35.4 Å². The van der Waals surface area contributed by atoms with Crippen LogP contribution in [-0.4, -0.2) is 59.9 Å². The highest BCUT2D eigenvalue weighted by Gasteiger charge is 2.49. The summed E-state index contributed by atoms with van der Waals surface area (Å²) >= 11 is 0. The average Bonchev–Trinajstić information content (AvgIpc) is 2.91. The summed E-state index contributed by atoms with van der Waals surface area (Å²) in [5.41, 5.74) is 0.421. The van der Waals surface area contributed by atoms with E-state index in [2.05, 4.69) is 5.32 Å². The van der Waals surface area contributed by atoms with Gasteiger partial charge in [0.25, 0.3) is 11.8 Å². The lowest BCUT2D eigenvalue weighted by Gasteiger charge is -2.22. The smallest absolute Gasteiger partial charge is 0.326 e. The first kappa shape index (κ1) is 20.8. The van der Waals surface area contributed by atoms with E-state index < -0.39 is 30.0 Å². The molecular weight excluding hydrogens is 374 g/mol. The summed E-state index contributed by atoms with van der Waals surface area (Å²) in [6, 6.07) is 6.59. The fourth-order valence-corrected chi connectivity index (χ4v) is 3.65. The monoisotopic (exact) mass is 401 g/mol. The molecule has 0 unspecified atom stereocenters. The van der Waals surface area contributed by atoms with Gasteiger partial charge in [0.05, 0.1) is 0 Å². The third-order valence-electron chi connectivity index (χ3n) is 5.51. The average molecular weight is 401 g/mol. The molecule has 2 fully saturated rings. The van der Waals surface area contributed by atoms with Gasteiger partial charge in [-0.05, 0) is 32.3 Å². The van der Waals surface area contributed by atoms with Crippen LogP contribution in [0.15, 0.2) is 24.3 Å². The van der Waals surface area contributed by atoms with Crippen molar-refractivity contribution < 1.29 is 23.9 Å². The number of ether oxygens (including phenoxy) is 1. The van der Waals surface area contributed by atoms with Crippen molar-refractivity contribution >= 4 is 23.8 Å². The van der Waals surface area contributed by atoms with Crippen molar-refractivity contribution in [2.24, 2.45) is 0 Å². The molecule has 0 spiro atoms. The number of rotatable bonds is 5. The van der Waals surface area contributed by atoms with Crippen molar-refractivity contribution in [1.82, 2.24) is 15.1 Å². The van der Waals surface area contributed by atoms with Gasteiger partial charge in [0.2, 0.25) is 0 Å². The summed E-state index contributed by atoms with van der Waals surface area (Å²) in [7, 11) is 0. The Morgan fingerprint density at radius 1 is 1.07 bits per heavy atom. The number of aryl methyl sites for hydroxylation is 1. The van der Waals surface area contributed by atoms with E-state index in [1.807, 2.05) is 19.1 Å². The third kappa shape index (κ3) is 4.58. The summed E-state index contributed by atoms with van der Waals surface area (Å²) in [5.74, 6) is -1.56. The summed E-state index contributed by atoms with van der Waals surface area (Å²) in [4.78, 5) is 52.1. The molecule has 1 aromatic carbocycles. The van der Waals surface area contributed by atoms with Gasteiger partial charge in [0.1, 0.15) is 12.1 Å². The molecule has 2 aliphatic rings. The summed E-state index contributed by atoms with van der Waals surface area (Å²) in [5, 5.41) is 2.65. The maximum atomic E-state index is 12.8. The molecule has 2 aliphatic heterocycles. The van der Waals surface area contributed by atoms with Crippen LogP contribution in [0.3, 0.4) is 0 Å². The Labute approximate surface area is 170 Å². The molecule has 2 saturated heterocycles. The SMILES string of the molecule is Cc1ccc([C@@]2(C)NC(=O)N(CC(=O)OCC(=O)N3CCCCCC3)C2=O)cc1. The van der Waals surface area contributed by atoms with Crippen LogP contribution in [0.5, 0.6) is 0 Å². The Hall–Kier alpha value is -2.90. The van der Waals surface area contributed by atoms with E-state index in [4.69, 9.17) is 4.74 Å². The van der Waals surface area contributed by atoms with Gasteiger partial charge in [-0.15, -0.1) is 0 Å². The first-order valence-corrected chi connectivity index (χ1v) is 9.96. The lowest BCUT2D eigenvalue weighted by atomic mass is 9.91.